The van der Waals surface area contributed by atoms with Gasteiger partial charge in [-0.25, -0.2) is 0 Å². The molecule has 0 saturated carbocycles. The third-order valence-electron chi connectivity index (χ3n) is 3.74. The first-order valence-corrected chi connectivity index (χ1v) is 6.68. The molecule has 0 aliphatic rings. The average molecular weight is 263 g/mol. The molecule has 0 radical (unpaired) electrons. The standard InChI is InChI=1S/C17H17N3/c1-11-3-4-13(9-12(11)2)17(18)14-5-6-15-16(10-14)20-8-7-19-15/h3-10,17H,18H2,1-2H3. The fraction of sp³-hybridized carbons (Fsp3) is 0.176. The lowest BCUT2D eigenvalue weighted by Gasteiger charge is -2.14. The first kappa shape index (κ1) is 12.8. The third kappa shape index (κ3) is 2.28. The van der Waals surface area contributed by atoms with Crippen molar-refractivity contribution in [2.45, 2.75) is 19.9 Å². The van der Waals surface area contributed by atoms with E-state index in [2.05, 4.69) is 42.0 Å². The second kappa shape index (κ2) is 5.02. The van der Waals surface area contributed by atoms with Crippen molar-refractivity contribution in [3.8, 4) is 0 Å². The molecule has 3 aromatic rings. The van der Waals surface area contributed by atoms with Crippen LogP contribution in [0.25, 0.3) is 11.0 Å². The number of fused-ring (bicyclic) bond motifs is 1. The summed E-state index contributed by atoms with van der Waals surface area (Å²) >= 11 is 0. The van der Waals surface area contributed by atoms with Crippen LogP contribution in [0.1, 0.15) is 28.3 Å². The Morgan fingerprint density at radius 1 is 0.800 bits per heavy atom. The first-order chi connectivity index (χ1) is 9.65. The number of rotatable bonds is 2. The van der Waals surface area contributed by atoms with E-state index in [1.165, 1.54) is 11.1 Å². The van der Waals surface area contributed by atoms with Crippen molar-refractivity contribution in [3.63, 3.8) is 0 Å². The van der Waals surface area contributed by atoms with Crippen molar-refractivity contribution >= 4 is 11.0 Å². The van der Waals surface area contributed by atoms with Crippen molar-refractivity contribution in [2.24, 2.45) is 5.73 Å². The summed E-state index contributed by atoms with van der Waals surface area (Å²) in [5.41, 5.74) is 12.9. The lowest BCUT2D eigenvalue weighted by molar-refractivity contribution is 0.870. The van der Waals surface area contributed by atoms with E-state index in [1.54, 1.807) is 12.4 Å². The van der Waals surface area contributed by atoms with E-state index in [-0.39, 0.29) is 6.04 Å². The molecule has 3 nitrogen and oxygen atoms in total. The van der Waals surface area contributed by atoms with Gasteiger partial charge in [-0.1, -0.05) is 24.3 Å². The summed E-state index contributed by atoms with van der Waals surface area (Å²) in [5, 5.41) is 0. The predicted octanol–water partition coefficient (Wildman–Crippen LogP) is 3.29. The van der Waals surface area contributed by atoms with Gasteiger partial charge in [-0.3, -0.25) is 9.97 Å². The summed E-state index contributed by atoms with van der Waals surface area (Å²) in [6.45, 7) is 4.22. The highest BCUT2D eigenvalue weighted by Gasteiger charge is 2.10. The molecule has 1 atom stereocenters. The van der Waals surface area contributed by atoms with Gasteiger partial charge in [0.05, 0.1) is 17.1 Å². The van der Waals surface area contributed by atoms with Gasteiger partial charge in [0.1, 0.15) is 0 Å². The van der Waals surface area contributed by atoms with Gasteiger partial charge in [0, 0.05) is 12.4 Å². The molecule has 1 aromatic heterocycles. The number of nitrogens with two attached hydrogens (primary N) is 1. The molecule has 2 aromatic carbocycles. The zero-order chi connectivity index (χ0) is 14.1. The van der Waals surface area contributed by atoms with Gasteiger partial charge in [0.2, 0.25) is 0 Å². The monoisotopic (exact) mass is 263 g/mol. The summed E-state index contributed by atoms with van der Waals surface area (Å²) in [6, 6.07) is 12.2. The molecule has 100 valence electrons. The molecule has 20 heavy (non-hydrogen) atoms. The molecule has 0 fully saturated rings. The predicted molar refractivity (Wildman–Crippen MR) is 81.5 cm³/mol. The molecular weight excluding hydrogens is 246 g/mol. The molecule has 0 bridgehead atoms. The zero-order valence-electron chi connectivity index (χ0n) is 11.7. The molecule has 3 heteroatoms. The number of nitrogens with zero attached hydrogens (tertiary/aromatic N) is 2. The van der Waals surface area contributed by atoms with E-state index < -0.39 is 0 Å². The van der Waals surface area contributed by atoms with E-state index in [1.807, 2.05) is 18.2 Å². The molecule has 1 heterocycles. The Kier molecular flexibility index (Phi) is 3.20. The van der Waals surface area contributed by atoms with Crippen molar-refractivity contribution in [1.82, 2.24) is 9.97 Å². The third-order valence-corrected chi connectivity index (χ3v) is 3.74. The van der Waals surface area contributed by atoms with Crippen LogP contribution in [0, 0.1) is 13.8 Å². The molecule has 2 N–H and O–H groups in total. The second-order valence-electron chi connectivity index (χ2n) is 5.13. The van der Waals surface area contributed by atoms with Gasteiger partial charge >= 0.3 is 0 Å². The van der Waals surface area contributed by atoms with Crippen molar-refractivity contribution in [1.29, 1.82) is 0 Å². The molecule has 1 unspecified atom stereocenters. The smallest absolute Gasteiger partial charge is 0.0890 e. The molecular formula is C17H17N3. The molecule has 0 aliphatic heterocycles. The molecule has 0 spiro atoms. The van der Waals surface area contributed by atoms with Gasteiger partial charge in [-0.2, -0.15) is 0 Å². The number of hydrogen-bond donors (Lipinski definition) is 1. The summed E-state index contributed by atoms with van der Waals surface area (Å²) in [5.74, 6) is 0. The molecule has 0 saturated heterocycles. The van der Waals surface area contributed by atoms with E-state index in [4.69, 9.17) is 5.73 Å². The quantitative estimate of drug-likeness (QED) is 0.771. The summed E-state index contributed by atoms with van der Waals surface area (Å²) < 4.78 is 0. The van der Waals surface area contributed by atoms with Crippen molar-refractivity contribution < 1.29 is 0 Å². The van der Waals surface area contributed by atoms with Gasteiger partial charge < -0.3 is 5.73 Å². The summed E-state index contributed by atoms with van der Waals surface area (Å²) in [6.07, 6.45) is 3.40. The molecule has 0 amide bonds. The maximum atomic E-state index is 6.38. The van der Waals surface area contributed by atoms with Crippen LogP contribution in [0.5, 0.6) is 0 Å². The lowest BCUT2D eigenvalue weighted by Crippen LogP contribution is -2.12. The highest BCUT2D eigenvalue weighted by Crippen LogP contribution is 2.23. The zero-order valence-corrected chi connectivity index (χ0v) is 11.7. The van der Waals surface area contributed by atoms with Gasteiger partial charge in [0.15, 0.2) is 0 Å². The fourth-order valence-corrected chi connectivity index (χ4v) is 2.32. The number of hydrogen-bond acceptors (Lipinski definition) is 3. The Hall–Kier alpha value is -2.26. The number of benzene rings is 2. The van der Waals surface area contributed by atoms with Crippen LogP contribution >= 0.6 is 0 Å². The van der Waals surface area contributed by atoms with Gasteiger partial charge in [0.25, 0.3) is 0 Å². The Labute approximate surface area is 118 Å². The minimum atomic E-state index is -0.138. The van der Waals surface area contributed by atoms with Crippen LogP contribution in [0.3, 0.4) is 0 Å². The highest BCUT2D eigenvalue weighted by atomic mass is 14.8. The van der Waals surface area contributed by atoms with Crippen LogP contribution in [-0.4, -0.2) is 9.97 Å². The van der Waals surface area contributed by atoms with Crippen molar-refractivity contribution in [2.75, 3.05) is 0 Å². The normalized spacial score (nSPS) is 12.6. The van der Waals surface area contributed by atoms with Crippen LogP contribution in [0.15, 0.2) is 48.8 Å². The van der Waals surface area contributed by atoms with Gasteiger partial charge in [-0.05, 0) is 48.2 Å². The summed E-state index contributed by atoms with van der Waals surface area (Å²) in [7, 11) is 0. The maximum Gasteiger partial charge on any atom is 0.0890 e. The molecule has 0 aliphatic carbocycles. The first-order valence-electron chi connectivity index (χ1n) is 6.68. The number of aryl methyl sites for hydroxylation is 2. The minimum absolute atomic E-state index is 0.138. The van der Waals surface area contributed by atoms with E-state index in [0.29, 0.717) is 0 Å². The van der Waals surface area contributed by atoms with E-state index in [0.717, 1.165) is 22.2 Å². The van der Waals surface area contributed by atoms with E-state index in [9.17, 15) is 0 Å². The Morgan fingerprint density at radius 3 is 2.20 bits per heavy atom. The highest BCUT2D eigenvalue weighted by molar-refractivity contribution is 5.74. The maximum absolute atomic E-state index is 6.38. The Bertz CT molecular complexity index is 765. The second-order valence-corrected chi connectivity index (χ2v) is 5.13. The Balaban J connectivity index is 2.02. The van der Waals surface area contributed by atoms with E-state index >= 15 is 0 Å². The van der Waals surface area contributed by atoms with Crippen LogP contribution in [-0.2, 0) is 0 Å². The topological polar surface area (TPSA) is 51.8 Å². The molecule has 3 rings (SSSR count). The SMILES string of the molecule is Cc1ccc(C(N)c2ccc3nccnc3c2)cc1C. The van der Waals surface area contributed by atoms with Crippen LogP contribution in [0.2, 0.25) is 0 Å². The Morgan fingerprint density at radius 2 is 1.45 bits per heavy atom. The lowest BCUT2D eigenvalue weighted by atomic mass is 9.96. The number of aromatic nitrogens is 2. The van der Waals surface area contributed by atoms with Crippen LogP contribution < -0.4 is 5.73 Å². The largest absolute Gasteiger partial charge is 0.320 e. The minimum Gasteiger partial charge on any atom is -0.320 e. The summed E-state index contributed by atoms with van der Waals surface area (Å²) in [4.78, 5) is 8.61. The average Bonchev–Trinajstić information content (AvgIpc) is 2.49. The van der Waals surface area contributed by atoms with Crippen molar-refractivity contribution in [3.05, 3.63) is 71.0 Å². The van der Waals surface area contributed by atoms with Crippen LogP contribution in [0.4, 0.5) is 0 Å². The van der Waals surface area contributed by atoms with Gasteiger partial charge in [-0.15, -0.1) is 0 Å². The fourth-order valence-electron chi connectivity index (χ4n) is 2.32.